The van der Waals surface area contributed by atoms with Gasteiger partial charge in [-0.3, -0.25) is 9.35 Å². The van der Waals surface area contributed by atoms with Crippen LogP contribution >= 0.6 is 0 Å². The molecule has 1 heterocycles. The van der Waals surface area contributed by atoms with Crippen LogP contribution in [0.25, 0.3) is 0 Å². The van der Waals surface area contributed by atoms with E-state index < -0.39 is 59.8 Å². The van der Waals surface area contributed by atoms with Crippen LogP contribution in [-0.4, -0.2) is 97.5 Å². The summed E-state index contributed by atoms with van der Waals surface area (Å²) >= 11 is 0. The Morgan fingerprint density at radius 1 is 0.944 bits per heavy atom. The fourth-order valence-corrected chi connectivity index (χ4v) is 4.27. The first kappa shape index (κ1) is 33.1. The maximum atomic E-state index is 12.0. The average Bonchev–Trinajstić information content (AvgIpc) is 2.81. The number of rotatable bonds is 20. The molecule has 13 heteroatoms. The van der Waals surface area contributed by atoms with Gasteiger partial charge in [0.15, 0.2) is 6.29 Å². The zero-order valence-electron chi connectivity index (χ0n) is 21.3. The number of aliphatic hydroxyl groups is 3. The van der Waals surface area contributed by atoms with Gasteiger partial charge in [0, 0.05) is 13.0 Å². The lowest BCUT2D eigenvalue weighted by atomic mass is 9.99. The summed E-state index contributed by atoms with van der Waals surface area (Å²) in [6.07, 6.45) is 0.788. The molecule has 1 rings (SSSR count). The van der Waals surface area contributed by atoms with Gasteiger partial charge in [0.2, 0.25) is 0 Å². The lowest BCUT2D eigenvalue weighted by Gasteiger charge is -2.41. The molecule has 6 unspecified atom stereocenters. The highest BCUT2D eigenvalue weighted by atomic mass is 32.3. The van der Waals surface area contributed by atoms with Crippen molar-refractivity contribution in [1.29, 1.82) is 0 Å². The highest BCUT2D eigenvalue weighted by molar-refractivity contribution is 7.80. The zero-order chi connectivity index (χ0) is 27.0. The van der Waals surface area contributed by atoms with Gasteiger partial charge in [-0.1, -0.05) is 58.8 Å². The molecule has 1 aliphatic rings. The molecular weight excluding hydrogens is 500 g/mol. The van der Waals surface area contributed by atoms with Crippen LogP contribution in [0.15, 0.2) is 0 Å². The van der Waals surface area contributed by atoms with Crippen molar-refractivity contribution < 1.29 is 56.2 Å². The van der Waals surface area contributed by atoms with E-state index in [1.165, 1.54) is 32.1 Å². The summed E-state index contributed by atoms with van der Waals surface area (Å²) in [7, 11) is -5.03. The summed E-state index contributed by atoms with van der Waals surface area (Å²) in [5.41, 5.74) is 0. The molecule has 0 radical (unpaired) electrons. The number of unbranched alkanes of at least 4 members (excludes halogenated alkanes) is 7. The maximum Gasteiger partial charge on any atom is 0.397 e. The van der Waals surface area contributed by atoms with E-state index >= 15 is 0 Å². The fourth-order valence-electron chi connectivity index (χ4n) is 3.76. The quantitative estimate of drug-likeness (QED) is 0.0987. The minimum atomic E-state index is -5.03. The van der Waals surface area contributed by atoms with Crippen molar-refractivity contribution in [2.45, 2.75) is 115 Å². The first-order valence-electron chi connectivity index (χ1n) is 12.8. The number of aliphatic hydroxyl groups excluding tert-OH is 3. The highest BCUT2D eigenvalue weighted by Gasteiger charge is 2.47. The van der Waals surface area contributed by atoms with Gasteiger partial charge >= 0.3 is 16.4 Å². The second-order valence-corrected chi connectivity index (χ2v) is 9.99. The van der Waals surface area contributed by atoms with Crippen LogP contribution in [0.2, 0.25) is 0 Å². The van der Waals surface area contributed by atoms with E-state index in [1.54, 1.807) is 0 Å². The SMILES string of the molecule is CCCCCCCCCCOCC(COC1OC(CO)C(O)C(OS(=O)(=O)O)C1O)OC(=O)CCC. The minimum Gasteiger partial charge on any atom is -0.457 e. The van der Waals surface area contributed by atoms with Gasteiger partial charge in [0.25, 0.3) is 0 Å². The Labute approximate surface area is 214 Å². The van der Waals surface area contributed by atoms with Gasteiger partial charge in [0.1, 0.15) is 30.5 Å². The van der Waals surface area contributed by atoms with Gasteiger partial charge in [-0.25, -0.2) is 4.18 Å². The van der Waals surface area contributed by atoms with E-state index in [1.807, 2.05) is 6.92 Å². The third-order valence-corrected chi connectivity index (χ3v) is 6.16. The Hall–Kier alpha value is -0.900. The molecule has 12 nitrogen and oxygen atoms in total. The number of hydrogen-bond acceptors (Lipinski definition) is 11. The van der Waals surface area contributed by atoms with Crippen molar-refractivity contribution in [3.05, 3.63) is 0 Å². The topological polar surface area (TPSA) is 178 Å². The predicted molar refractivity (Wildman–Crippen MR) is 128 cm³/mol. The number of ether oxygens (including phenoxy) is 4. The summed E-state index contributed by atoms with van der Waals surface area (Å²) in [5, 5.41) is 29.9. The molecule has 0 bridgehead atoms. The molecule has 1 fully saturated rings. The van der Waals surface area contributed by atoms with Crippen molar-refractivity contribution in [3.63, 3.8) is 0 Å². The molecule has 1 aliphatic heterocycles. The first-order chi connectivity index (χ1) is 17.1. The molecule has 1 saturated heterocycles. The predicted octanol–water partition coefficient (Wildman–Crippen LogP) is 1.50. The largest absolute Gasteiger partial charge is 0.457 e. The summed E-state index contributed by atoms with van der Waals surface area (Å²) in [6.45, 7) is 3.50. The van der Waals surface area contributed by atoms with E-state index in [4.69, 9.17) is 23.5 Å². The van der Waals surface area contributed by atoms with Crippen LogP contribution in [0.5, 0.6) is 0 Å². The Morgan fingerprint density at radius 2 is 1.58 bits per heavy atom. The standard InChI is InChI=1S/C23H44O12S/c1-3-5-6-7-8-9-10-11-13-31-15-17(33-19(25)12-4-2)16-32-23-21(27)22(35-36(28,29)30)20(26)18(14-24)34-23/h17-18,20-24,26-27H,3-16H2,1-2H3,(H,28,29,30). The van der Waals surface area contributed by atoms with E-state index in [-0.39, 0.29) is 19.6 Å². The molecule has 6 atom stereocenters. The molecule has 0 aliphatic carbocycles. The molecule has 0 aromatic heterocycles. The molecule has 214 valence electrons. The molecule has 4 N–H and O–H groups in total. The van der Waals surface area contributed by atoms with Gasteiger partial charge in [-0.15, -0.1) is 0 Å². The smallest absolute Gasteiger partial charge is 0.397 e. The Bertz CT molecular complexity index is 689. The number of esters is 1. The third kappa shape index (κ3) is 13.6. The average molecular weight is 545 g/mol. The second-order valence-electron chi connectivity index (χ2n) is 8.94. The van der Waals surface area contributed by atoms with Crippen LogP contribution in [-0.2, 0) is 38.3 Å². The Kier molecular flexibility index (Phi) is 16.9. The van der Waals surface area contributed by atoms with Gasteiger partial charge < -0.3 is 34.3 Å². The summed E-state index contributed by atoms with van der Waals surface area (Å²) in [6, 6.07) is 0. The van der Waals surface area contributed by atoms with E-state index in [0.29, 0.717) is 13.0 Å². The normalized spacial score (nSPS) is 25.6. The Balaban J connectivity index is 2.58. The summed E-state index contributed by atoms with van der Waals surface area (Å²) < 4.78 is 57.4. The van der Waals surface area contributed by atoms with Crippen LogP contribution in [0.3, 0.4) is 0 Å². The molecule has 0 saturated carbocycles. The van der Waals surface area contributed by atoms with Gasteiger partial charge in [0.05, 0.1) is 19.8 Å². The van der Waals surface area contributed by atoms with Crippen molar-refractivity contribution in [1.82, 2.24) is 0 Å². The van der Waals surface area contributed by atoms with E-state index in [2.05, 4.69) is 11.1 Å². The van der Waals surface area contributed by atoms with Crippen molar-refractivity contribution in [2.75, 3.05) is 26.4 Å². The monoisotopic (exact) mass is 544 g/mol. The Morgan fingerprint density at radius 3 is 2.17 bits per heavy atom. The lowest BCUT2D eigenvalue weighted by Crippen LogP contribution is -2.60. The maximum absolute atomic E-state index is 12.0. The van der Waals surface area contributed by atoms with Gasteiger partial charge in [-0.05, 0) is 12.8 Å². The van der Waals surface area contributed by atoms with Crippen molar-refractivity contribution >= 4 is 16.4 Å². The summed E-state index contributed by atoms with van der Waals surface area (Å²) in [4.78, 5) is 12.0. The van der Waals surface area contributed by atoms with Crippen LogP contribution in [0.1, 0.15) is 78.1 Å². The van der Waals surface area contributed by atoms with Crippen molar-refractivity contribution in [3.8, 4) is 0 Å². The van der Waals surface area contributed by atoms with Gasteiger partial charge in [-0.2, -0.15) is 8.42 Å². The summed E-state index contributed by atoms with van der Waals surface area (Å²) in [5.74, 6) is -0.455. The van der Waals surface area contributed by atoms with E-state index in [9.17, 15) is 28.5 Å². The minimum absolute atomic E-state index is 0.0335. The van der Waals surface area contributed by atoms with Crippen LogP contribution in [0.4, 0.5) is 0 Å². The van der Waals surface area contributed by atoms with Crippen molar-refractivity contribution in [2.24, 2.45) is 0 Å². The molecule has 0 aromatic carbocycles. The number of hydrogen-bond donors (Lipinski definition) is 4. The molecule has 36 heavy (non-hydrogen) atoms. The highest BCUT2D eigenvalue weighted by Crippen LogP contribution is 2.25. The number of carbonyl (C=O) groups is 1. The number of carbonyl (C=O) groups excluding carboxylic acids is 1. The second kappa shape index (κ2) is 18.4. The molecule has 0 spiro atoms. The zero-order valence-corrected chi connectivity index (χ0v) is 22.1. The lowest BCUT2D eigenvalue weighted by molar-refractivity contribution is -0.301. The molecule has 0 aromatic rings. The fraction of sp³-hybridized carbons (Fsp3) is 0.957. The third-order valence-electron chi connectivity index (χ3n) is 5.70. The van der Waals surface area contributed by atoms with Crippen LogP contribution < -0.4 is 0 Å². The first-order valence-corrected chi connectivity index (χ1v) is 14.2. The van der Waals surface area contributed by atoms with E-state index in [0.717, 1.165) is 19.3 Å². The molecule has 0 amide bonds. The molecular formula is C23H44O12S. The van der Waals surface area contributed by atoms with Crippen LogP contribution in [0, 0.1) is 0 Å².